The summed E-state index contributed by atoms with van der Waals surface area (Å²) in [5.41, 5.74) is 1.67. The van der Waals surface area contributed by atoms with E-state index in [1.54, 1.807) is 43.3 Å². The maximum atomic E-state index is 14.0. The molecular weight excluding hydrogens is 533 g/mol. The highest BCUT2D eigenvalue weighted by molar-refractivity contribution is 7.92. The van der Waals surface area contributed by atoms with E-state index >= 15 is 0 Å². The largest absolute Gasteiger partial charge is 0.495 e. The van der Waals surface area contributed by atoms with Crippen molar-refractivity contribution in [1.82, 2.24) is 10.2 Å². The zero-order chi connectivity index (χ0) is 29.3. The van der Waals surface area contributed by atoms with Crippen molar-refractivity contribution in [3.05, 3.63) is 89.7 Å². The summed E-state index contributed by atoms with van der Waals surface area (Å²) in [6.45, 7) is 5.38. The Morgan fingerprint density at radius 1 is 0.975 bits per heavy atom. The Balaban J connectivity index is 2.08. The number of nitrogens with zero attached hydrogens (tertiary/aromatic N) is 2. The second-order valence-corrected chi connectivity index (χ2v) is 11.2. The van der Waals surface area contributed by atoms with Crippen molar-refractivity contribution >= 4 is 27.5 Å². The van der Waals surface area contributed by atoms with Gasteiger partial charge in [-0.2, -0.15) is 0 Å². The minimum atomic E-state index is -4.22. The molecule has 10 heteroatoms. The van der Waals surface area contributed by atoms with E-state index in [1.807, 2.05) is 13.8 Å². The van der Waals surface area contributed by atoms with Crippen LogP contribution >= 0.6 is 0 Å². The van der Waals surface area contributed by atoms with Gasteiger partial charge in [0.15, 0.2) is 0 Å². The number of anilines is 1. The normalized spacial score (nSPS) is 11.9. The molecule has 0 heterocycles. The summed E-state index contributed by atoms with van der Waals surface area (Å²) in [5.74, 6) is -1.10. The first-order valence-corrected chi connectivity index (χ1v) is 14.6. The average molecular weight is 570 g/mol. The second kappa shape index (κ2) is 13.9. The Labute approximate surface area is 235 Å². The molecule has 0 aliphatic carbocycles. The van der Waals surface area contributed by atoms with E-state index in [1.165, 1.54) is 48.4 Å². The zero-order valence-corrected chi connectivity index (χ0v) is 24.1. The fourth-order valence-electron chi connectivity index (χ4n) is 4.26. The number of nitrogens with one attached hydrogen (secondary N) is 1. The molecule has 8 nitrogen and oxygen atoms in total. The molecule has 214 valence electrons. The summed E-state index contributed by atoms with van der Waals surface area (Å²) >= 11 is 0. The lowest BCUT2D eigenvalue weighted by molar-refractivity contribution is -0.140. The first kappa shape index (κ1) is 30.6. The maximum absolute atomic E-state index is 14.0. The Morgan fingerprint density at radius 2 is 1.62 bits per heavy atom. The van der Waals surface area contributed by atoms with Gasteiger partial charge in [-0.3, -0.25) is 13.9 Å². The number of methoxy groups -OCH3 is 1. The molecule has 1 atom stereocenters. The van der Waals surface area contributed by atoms with Gasteiger partial charge in [-0.15, -0.1) is 0 Å². The van der Waals surface area contributed by atoms with Crippen LogP contribution in [0.25, 0.3) is 0 Å². The number of hydrogen-bond donors (Lipinski definition) is 1. The molecule has 0 bridgehead atoms. The number of aryl methyl sites for hydroxylation is 1. The quantitative estimate of drug-likeness (QED) is 0.323. The molecule has 0 saturated carbocycles. The summed E-state index contributed by atoms with van der Waals surface area (Å²) < 4.78 is 48.0. The standard InChI is InChI=1S/C30H36FN3O5S/c1-5-19-32-30(36)26(6-2)33(20-23-13-15-24(31)16-14-23)29(35)21-34(27-9-7-8-10-28(27)39-4)40(37,38)25-17-11-22(3)12-18-25/h7-18,26H,5-6,19-21H2,1-4H3,(H,32,36). The number of carbonyl (C=O) groups is 2. The van der Waals surface area contributed by atoms with Gasteiger partial charge in [0.1, 0.15) is 24.2 Å². The summed E-state index contributed by atoms with van der Waals surface area (Å²) in [5, 5.41) is 2.83. The first-order valence-electron chi connectivity index (χ1n) is 13.2. The molecule has 1 unspecified atom stereocenters. The number of sulfonamides is 1. The molecule has 0 aliphatic heterocycles. The van der Waals surface area contributed by atoms with Gasteiger partial charge >= 0.3 is 0 Å². The van der Waals surface area contributed by atoms with Crippen LogP contribution in [0.2, 0.25) is 0 Å². The van der Waals surface area contributed by atoms with E-state index in [0.29, 0.717) is 24.9 Å². The molecule has 3 aromatic carbocycles. The maximum Gasteiger partial charge on any atom is 0.264 e. The second-order valence-electron chi connectivity index (χ2n) is 9.36. The number of rotatable bonds is 13. The summed E-state index contributed by atoms with van der Waals surface area (Å²) in [4.78, 5) is 28.5. The zero-order valence-electron chi connectivity index (χ0n) is 23.3. The predicted molar refractivity (Wildman–Crippen MR) is 153 cm³/mol. The van der Waals surface area contributed by atoms with Gasteiger partial charge in [0.25, 0.3) is 10.0 Å². The Kier molecular flexibility index (Phi) is 10.7. The number of carbonyl (C=O) groups excluding carboxylic acids is 2. The van der Waals surface area contributed by atoms with Crippen molar-refractivity contribution in [3.8, 4) is 5.75 Å². The van der Waals surface area contributed by atoms with E-state index in [9.17, 15) is 22.4 Å². The molecule has 0 radical (unpaired) electrons. The molecule has 0 aromatic heterocycles. The van der Waals surface area contributed by atoms with Gasteiger partial charge in [-0.1, -0.05) is 55.8 Å². The number of amides is 2. The number of halogens is 1. The Bertz CT molecular complexity index is 1400. The number of benzene rings is 3. The molecule has 0 saturated heterocycles. The summed E-state index contributed by atoms with van der Waals surface area (Å²) in [6, 6.07) is 17.6. The van der Waals surface area contributed by atoms with Crippen LogP contribution in [0.4, 0.5) is 10.1 Å². The van der Waals surface area contributed by atoms with E-state index < -0.39 is 34.3 Å². The van der Waals surface area contributed by atoms with Crippen LogP contribution in [0, 0.1) is 12.7 Å². The Hall–Kier alpha value is -3.92. The van der Waals surface area contributed by atoms with E-state index in [-0.39, 0.29) is 28.8 Å². The molecule has 3 rings (SSSR count). The summed E-state index contributed by atoms with van der Waals surface area (Å²) in [7, 11) is -2.80. The summed E-state index contributed by atoms with van der Waals surface area (Å²) in [6.07, 6.45) is 1.01. The van der Waals surface area contributed by atoms with Crippen molar-refractivity contribution in [1.29, 1.82) is 0 Å². The topological polar surface area (TPSA) is 96.0 Å². The minimum absolute atomic E-state index is 0.00891. The van der Waals surface area contributed by atoms with Crippen molar-refractivity contribution in [2.45, 2.75) is 51.1 Å². The van der Waals surface area contributed by atoms with Crippen molar-refractivity contribution in [2.75, 3.05) is 24.5 Å². The highest BCUT2D eigenvalue weighted by Crippen LogP contribution is 2.32. The van der Waals surface area contributed by atoms with Crippen LogP contribution in [-0.2, 0) is 26.2 Å². The third-order valence-corrected chi connectivity index (χ3v) is 8.22. The lowest BCUT2D eigenvalue weighted by atomic mass is 10.1. The van der Waals surface area contributed by atoms with E-state index in [0.717, 1.165) is 9.87 Å². The van der Waals surface area contributed by atoms with Gasteiger partial charge in [0.2, 0.25) is 11.8 Å². The van der Waals surface area contributed by atoms with Crippen LogP contribution in [0.15, 0.2) is 77.7 Å². The van der Waals surface area contributed by atoms with Crippen LogP contribution < -0.4 is 14.4 Å². The van der Waals surface area contributed by atoms with Crippen molar-refractivity contribution in [3.63, 3.8) is 0 Å². The van der Waals surface area contributed by atoms with Gasteiger partial charge in [0.05, 0.1) is 17.7 Å². The van der Waals surface area contributed by atoms with E-state index in [2.05, 4.69) is 5.32 Å². The third-order valence-electron chi connectivity index (χ3n) is 6.44. The first-order chi connectivity index (χ1) is 19.1. The lowest BCUT2D eigenvalue weighted by Gasteiger charge is -2.33. The minimum Gasteiger partial charge on any atom is -0.495 e. The molecule has 1 N–H and O–H groups in total. The highest BCUT2D eigenvalue weighted by Gasteiger charge is 2.34. The van der Waals surface area contributed by atoms with Crippen LogP contribution in [0.5, 0.6) is 5.75 Å². The number of hydrogen-bond acceptors (Lipinski definition) is 5. The fraction of sp³-hybridized carbons (Fsp3) is 0.333. The SMILES string of the molecule is CCCNC(=O)C(CC)N(Cc1ccc(F)cc1)C(=O)CN(c1ccccc1OC)S(=O)(=O)c1ccc(C)cc1. The molecule has 3 aromatic rings. The van der Waals surface area contributed by atoms with Crippen LogP contribution in [0.1, 0.15) is 37.8 Å². The molecule has 0 spiro atoms. The molecular formula is C30H36FN3O5S. The molecule has 0 fully saturated rings. The fourth-order valence-corrected chi connectivity index (χ4v) is 5.68. The van der Waals surface area contributed by atoms with Gasteiger partial charge in [-0.05, 0) is 61.7 Å². The van der Waals surface area contributed by atoms with Gasteiger partial charge in [0, 0.05) is 13.1 Å². The highest BCUT2D eigenvalue weighted by atomic mass is 32.2. The third kappa shape index (κ3) is 7.38. The predicted octanol–water partition coefficient (Wildman–Crippen LogP) is 4.67. The number of ether oxygens (including phenoxy) is 1. The van der Waals surface area contributed by atoms with E-state index in [4.69, 9.17) is 4.74 Å². The van der Waals surface area contributed by atoms with Gasteiger partial charge < -0.3 is 15.0 Å². The van der Waals surface area contributed by atoms with Gasteiger partial charge in [-0.25, -0.2) is 12.8 Å². The van der Waals surface area contributed by atoms with Crippen LogP contribution in [-0.4, -0.2) is 51.4 Å². The number of para-hydroxylation sites is 2. The lowest BCUT2D eigenvalue weighted by Crippen LogP contribution is -2.52. The Morgan fingerprint density at radius 3 is 2.23 bits per heavy atom. The molecule has 2 amide bonds. The monoisotopic (exact) mass is 569 g/mol. The van der Waals surface area contributed by atoms with Crippen molar-refractivity contribution in [2.24, 2.45) is 0 Å². The molecule has 0 aliphatic rings. The molecule has 40 heavy (non-hydrogen) atoms. The average Bonchev–Trinajstić information content (AvgIpc) is 2.95. The van der Waals surface area contributed by atoms with Crippen LogP contribution in [0.3, 0.4) is 0 Å². The van der Waals surface area contributed by atoms with Crippen molar-refractivity contribution < 1.29 is 27.1 Å². The smallest absolute Gasteiger partial charge is 0.264 e.